The van der Waals surface area contributed by atoms with E-state index >= 15 is 0 Å². The minimum atomic E-state index is -0.494. The summed E-state index contributed by atoms with van der Waals surface area (Å²) in [6, 6.07) is 10.8. The molecule has 4 rings (SSSR count). The molecular formula is C15H10ClFN2O. The molecule has 0 aliphatic carbocycles. The van der Waals surface area contributed by atoms with Gasteiger partial charge in [0.1, 0.15) is 11.3 Å². The van der Waals surface area contributed by atoms with E-state index in [-0.39, 0.29) is 10.9 Å². The summed E-state index contributed by atoms with van der Waals surface area (Å²) >= 11 is 5.77. The molecule has 0 fully saturated rings. The second kappa shape index (κ2) is 4.21. The van der Waals surface area contributed by atoms with Crippen molar-refractivity contribution in [3.8, 4) is 0 Å². The highest BCUT2D eigenvalue weighted by Gasteiger charge is 2.27. The number of nitrogens with zero attached hydrogens (tertiary/aromatic N) is 1. The fourth-order valence-corrected chi connectivity index (χ4v) is 2.75. The van der Waals surface area contributed by atoms with Crippen molar-refractivity contribution in [2.24, 2.45) is 0 Å². The fourth-order valence-electron chi connectivity index (χ4n) is 2.59. The van der Waals surface area contributed by atoms with E-state index in [0.29, 0.717) is 17.0 Å². The van der Waals surface area contributed by atoms with Crippen molar-refractivity contribution in [1.82, 2.24) is 4.98 Å². The van der Waals surface area contributed by atoms with Gasteiger partial charge in [0, 0.05) is 18.3 Å². The monoisotopic (exact) mass is 288 g/mol. The topological polar surface area (TPSA) is 38.1 Å². The van der Waals surface area contributed by atoms with Gasteiger partial charge in [-0.2, -0.15) is 0 Å². The molecule has 1 aliphatic rings. The normalized spacial score (nSPS) is 17.2. The van der Waals surface area contributed by atoms with Crippen LogP contribution in [0.2, 0.25) is 5.02 Å². The van der Waals surface area contributed by atoms with Gasteiger partial charge in [0.25, 0.3) is 0 Å². The van der Waals surface area contributed by atoms with Gasteiger partial charge in [0.2, 0.25) is 5.89 Å². The summed E-state index contributed by atoms with van der Waals surface area (Å²) < 4.78 is 19.1. The first-order valence-corrected chi connectivity index (χ1v) is 6.68. The molecule has 2 heterocycles. The van der Waals surface area contributed by atoms with E-state index in [2.05, 4.69) is 10.3 Å². The van der Waals surface area contributed by atoms with E-state index in [4.69, 9.17) is 16.0 Å². The minimum Gasteiger partial charge on any atom is -0.440 e. The molecule has 3 nitrogen and oxygen atoms in total. The van der Waals surface area contributed by atoms with Gasteiger partial charge in [-0.3, -0.25) is 0 Å². The summed E-state index contributed by atoms with van der Waals surface area (Å²) in [5.74, 6) is 0.131. The van der Waals surface area contributed by atoms with Crippen LogP contribution >= 0.6 is 11.6 Å². The first kappa shape index (κ1) is 11.7. The van der Waals surface area contributed by atoms with Gasteiger partial charge >= 0.3 is 0 Å². The Morgan fingerprint density at radius 3 is 3.05 bits per heavy atom. The number of hydrogen-bond acceptors (Lipinski definition) is 3. The molecule has 0 radical (unpaired) electrons. The molecule has 3 aromatic rings. The molecule has 0 spiro atoms. The average molecular weight is 289 g/mol. The Morgan fingerprint density at radius 1 is 1.30 bits per heavy atom. The van der Waals surface area contributed by atoms with Gasteiger partial charge < -0.3 is 9.73 Å². The smallest absolute Gasteiger partial charge is 0.204 e. The lowest BCUT2D eigenvalue weighted by molar-refractivity contribution is 0.509. The van der Waals surface area contributed by atoms with Crippen molar-refractivity contribution in [1.29, 1.82) is 0 Å². The Balaban J connectivity index is 1.84. The summed E-state index contributed by atoms with van der Waals surface area (Å²) in [4.78, 5) is 4.44. The van der Waals surface area contributed by atoms with Crippen molar-refractivity contribution in [2.75, 3.05) is 11.9 Å². The lowest BCUT2D eigenvalue weighted by Crippen LogP contribution is -2.03. The number of oxazole rings is 1. The molecule has 100 valence electrons. The van der Waals surface area contributed by atoms with Gasteiger partial charge in [-0.05, 0) is 17.7 Å². The molecule has 20 heavy (non-hydrogen) atoms. The van der Waals surface area contributed by atoms with Gasteiger partial charge in [-0.15, -0.1) is 0 Å². The van der Waals surface area contributed by atoms with Gasteiger partial charge in [-0.1, -0.05) is 29.8 Å². The van der Waals surface area contributed by atoms with Crippen molar-refractivity contribution >= 4 is 28.4 Å². The second-order valence-corrected chi connectivity index (χ2v) is 5.21. The number of anilines is 1. The molecule has 1 atom stereocenters. The van der Waals surface area contributed by atoms with E-state index < -0.39 is 5.82 Å². The van der Waals surface area contributed by atoms with E-state index in [9.17, 15) is 4.39 Å². The third kappa shape index (κ3) is 1.68. The Bertz CT molecular complexity index is 776. The maximum atomic E-state index is 13.4. The van der Waals surface area contributed by atoms with Crippen LogP contribution in [-0.2, 0) is 0 Å². The number of halogens is 2. The summed E-state index contributed by atoms with van der Waals surface area (Å²) in [7, 11) is 0. The van der Waals surface area contributed by atoms with Crippen molar-refractivity contribution in [3.63, 3.8) is 0 Å². The molecule has 1 N–H and O–H groups in total. The van der Waals surface area contributed by atoms with Crippen LogP contribution in [0.5, 0.6) is 0 Å². The number of fused-ring (bicyclic) bond motifs is 2. The number of rotatable bonds is 1. The van der Waals surface area contributed by atoms with Crippen LogP contribution in [0.1, 0.15) is 17.4 Å². The molecular weight excluding hydrogens is 279 g/mol. The summed E-state index contributed by atoms with van der Waals surface area (Å²) in [6.45, 7) is 0.725. The first-order valence-electron chi connectivity index (χ1n) is 6.30. The third-order valence-electron chi connectivity index (χ3n) is 3.58. The van der Waals surface area contributed by atoms with Crippen LogP contribution < -0.4 is 5.32 Å². The zero-order valence-electron chi connectivity index (χ0n) is 10.4. The van der Waals surface area contributed by atoms with E-state index in [1.54, 1.807) is 0 Å². The van der Waals surface area contributed by atoms with Crippen LogP contribution in [0.25, 0.3) is 11.1 Å². The standard InChI is InChI=1S/C15H10ClFN2O/c16-10-5-13-14(6-11(10)17)20-15(19-13)9-7-18-12-4-2-1-3-8(9)12/h1-6,9,18H,7H2. The quantitative estimate of drug-likeness (QED) is 0.730. The van der Waals surface area contributed by atoms with E-state index in [1.807, 2.05) is 24.3 Å². The number of nitrogens with one attached hydrogen (secondary N) is 1. The van der Waals surface area contributed by atoms with Crippen LogP contribution in [-0.4, -0.2) is 11.5 Å². The highest BCUT2D eigenvalue weighted by molar-refractivity contribution is 6.31. The van der Waals surface area contributed by atoms with Gasteiger partial charge in [0.15, 0.2) is 5.58 Å². The van der Waals surface area contributed by atoms with Crippen LogP contribution in [0, 0.1) is 5.82 Å². The third-order valence-corrected chi connectivity index (χ3v) is 3.87. The van der Waals surface area contributed by atoms with Crippen LogP contribution in [0.4, 0.5) is 10.1 Å². The highest BCUT2D eigenvalue weighted by atomic mass is 35.5. The predicted octanol–water partition coefficient (Wildman–Crippen LogP) is 4.18. The fraction of sp³-hybridized carbons (Fsp3) is 0.133. The molecule has 0 amide bonds. The first-order chi connectivity index (χ1) is 9.72. The number of para-hydroxylation sites is 1. The Kier molecular flexibility index (Phi) is 2.47. The summed E-state index contributed by atoms with van der Waals surface area (Å²) in [5, 5.41) is 3.37. The zero-order valence-corrected chi connectivity index (χ0v) is 11.1. The predicted molar refractivity (Wildman–Crippen MR) is 75.8 cm³/mol. The number of hydrogen-bond donors (Lipinski definition) is 1. The molecule has 0 saturated carbocycles. The summed E-state index contributed by atoms with van der Waals surface area (Å²) in [6.07, 6.45) is 0. The Hall–Kier alpha value is -2.07. The molecule has 1 unspecified atom stereocenters. The van der Waals surface area contributed by atoms with Gasteiger partial charge in [0.05, 0.1) is 10.9 Å². The van der Waals surface area contributed by atoms with Crippen LogP contribution in [0.3, 0.4) is 0 Å². The zero-order chi connectivity index (χ0) is 13.7. The average Bonchev–Trinajstić information content (AvgIpc) is 3.02. The van der Waals surface area contributed by atoms with E-state index in [1.165, 1.54) is 12.1 Å². The molecule has 2 aromatic carbocycles. The maximum Gasteiger partial charge on any atom is 0.204 e. The molecule has 5 heteroatoms. The Morgan fingerprint density at radius 2 is 2.15 bits per heavy atom. The molecule has 1 aliphatic heterocycles. The maximum absolute atomic E-state index is 13.4. The SMILES string of the molecule is Fc1cc2oc(C3CNc4ccccc43)nc2cc1Cl. The van der Waals surface area contributed by atoms with E-state index in [0.717, 1.165) is 17.8 Å². The highest BCUT2D eigenvalue weighted by Crippen LogP contribution is 2.37. The minimum absolute atomic E-state index is 0.0421. The lowest BCUT2D eigenvalue weighted by Gasteiger charge is -2.04. The second-order valence-electron chi connectivity index (χ2n) is 4.81. The largest absolute Gasteiger partial charge is 0.440 e. The number of benzene rings is 2. The molecule has 1 aromatic heterocycles. The summed E-state index contributed by atoms with van der Waals surface area (Å²) in [5.41, 5.74) is 3.23. The van der Waals surface area contributed by atoms with Crippen molar-refractivity contribution in [2.45, 2.75) is 5.92 Å². The van der Waals surface area contributed by atoms with Gasteiger partial charge in [-0.25, -0.2) is 9.37 Å². The van der Waals surface area contributed by atoms with Crippen molar-refractivity contribution in [3.05, 3.63) is 58.7 Å². The van der Waals surface area contributed by atoms with Crippen LogP contribution in [0.15, 0.2) is 40.8 Å². The molecule has 0 bridgehead atoms. The van der Waals surface area contributed by atoms with Crippen molar-refractivity contribution < 1.29 is 8.81 Å². The molecule has 0 saturated heterocycles. The number of aromatic nitrogens is 1. The lowest BCUT2D eigenvalue weighted by atomic mass is 10.0. The Labute approximate surface area is 119 Å².